The first kappa shape index (κ1) is 17.0. The maximum absolute atomic E-state index is 12.2. The lowest BCUT2D eigenvalue weighted by molar-refractivity contribution is -0.210. The summed E-state index contributed by atoms with van der Waals surface area (Å²) in [4.78, 5) is 13.8. The predicted octanol–water partition coefficient (Wildman–Crippen LogP) is 1.11. The number of amides is 1. The van der Waals surface area contributed by atoms with Crippen molar-refractivity contribution < 1.29 is 19.7 Å². The number of nitrogens with zero attached hydrogens (tertiary/aromatic N) is 1. The SMILES string of the molecule is CC(C)(C)OC(=O)N1CC(CO)(C2(O)CCC3CCNC2C3)C1. The zero-order chi connectivity index (χ0) is 16.9. The number of fused-ring (bicyclic) bond motifs is 2. The van der Waals surface area contributed by atoms with E-state index >= 15 is 0 Å². The minimum Gasteiger partial charge on any atom is -0.444 e. The fraction of sp³-hybridized carbons (Fsp3) is 0.941. The van der Waals surface area contributed by atoms with Crippen molar-refractivity contribution in [3.8, 4) is 0 Å². The average Bonchev–Trinajstić information content (AvgIpc) is 2.41. The number of carbonyl (C=O) groups is 1. The molecule has 1 amide bonds. The molecule has 3 atom stereocenters. The molecule has 2 heterocycles. The number of aliphatic hydroxyl groups excluding tert-OH is 1. The van der Waals surface area contributed by atoms with Gasteiger partial charge in [-0.1, -0.05) is 0 Å². The molecule has 6 nitrogen and oxygen atoms in total. The molecule has 0 spiro atoms. The Labute approximate surface area is 138 Å². The summed E-state index contributed by atoms with van der Waals surface area (Å²) < 4.78 is 5.39. The quantitative estimate of drug-likeness (QED) is 0.708. The van der Waals surface area contributed by atoms with Crippen molar-refractivity contribution in [1.29, 1.82) is 0 Å². The molecule has 132 valence electrons. The van der Waals surface area contributed by atoms with Crippen molar-refractivity contribution in [2.24, 2.45) is 11.3 Å². The molecule has 0 aromatic carbocycles. The smallest absolute Gasteiger partial charge is 0.410 e. The molecule has 2 bridgehead atoms. The third-order valence-electron chi connectivity index (χ3n) is 5.88. The lowest BCUT2D eigenvalue weighted by Gasteiger charge is -2.62. The minimum absolute atomic E-state index is 0.0166. The van der Waals surface area contributed by atoms with E-state index in [1.54, 1.807) is 4.90 Å². The number of piperidine rings is 1. The number of ether oxygens (including phenoxy) is 1. The fourth-order valence-corrected chi connectivity index (χ4v) is 4.51. The highest BCUT2D eigenvalue weighted by Crippen LogP contribution is 2.50. The number of nitrogens with one attached hydrogen (secondary N) is 1. The summed E-state index contributed by atoms with van der Waals surface area (Å²) in [5, 5.41) is 24.8. The highest BCUT2D eigenvalue weighted by Gasteiger charge is 2.63. The van der Waals surface area contributed by atoms with Crippen LogP contribution in [-0.4, -0.2) is 64.7 Å². The van der Waals surface area contributed by atoms with Crippen molar-refractivity contribution in [1.82, 2.24) is 10.2 Å². The van der Waals surface area contributed by atoms with Gasteiger partial charge in [-0.05, 0) is 58.9 Å². The molecule has 3 aliphatic rings. The monoisotopic (exact) mass is 326 g/mol. The van der Waals surface area contributed by atoms with Gasteiger partial charge in [0.05, 0.1) is 17.6 Å². The van der Waals surface area contributed by atoms with Crippen molar-refractivity contribution >= 4 is 6.09 Å². The summed E-state index contributed by atoms with van der Waals surface area (Å²) in [6.07, 6.45) is 3.46. The minimum atomic E-state index is -0.947. The molecule has 3 fully saturated rings. The molecule has 3 N–H and O–H groups in total. The van der Waals surface area contributed by atoms with Crippen LogP contribution in [0, 0.1) is 11.3 Å². The van der Waals surface area contributed by atoms with Crippen LogP contribution in [0.1, 0.15) is 46.5 Å². The Balaban J connectivity index is 1.70. The summed E-state index contributed by atoms with van der Waals surface area (Å²) in [6, 6.07) is 0.0166. The van der Waals surface area contributed by atoms with Crippen LogP contribution in [0.25, 0.3) is 0 Å². The van der Waals surface area contributed by atoms with Gasteiger partial charge in [0.2, 0.25) is 0 Å². The van der Waals surface area contributed by atoms with Crippen LogP contribution in [0.2, 0.25) is 0 Å². The molecule has 23 heavy (non-hydrogen) atoms. The third kappa shape index (κ3) is 2.85. The second-order valence-corrected chi connectivity index (χ2v) is 8.63. The molecule has 3 unspecified atom stereocenters. The Kier molecular flexibility index (Phi) is 4.14. The molecular weight excluding hydrogens is 296 g/mol. The summed E-state index contributed by atoms with van der Waals surface area (Å²) in [5.41, 5.74) is -2.12. The van der Waals surface area contributed by atoms with E-state index in [9.17, 15) is 15.0 Å². The lowest BCUT2D eigenvalue weighted by Crippen LogP contribution is -2.76. The van der Waals surface area contributed by atoms with Crippen LogP contribution in [0.15, 0.2) is 0 Å². The van der Waals surface area contributed by atoms with E-state index < -0.39 is 16.6 Å². The predicted molar refractivity (Wildman–Crippen MR) is 86.0 cm³/mol. The van der Waals surface area contributed by atoms with E-state index in [2.05, 4.69) is 5.32 Å². The Hall–Kier alpha value is -0.850. The molecule has 6 heteroatoms. The van der Waals surface area contributed by atoms with Gasteiger partial charge in [-0.3, -0.25) is 0 Å². The maximum atomic E-state index is 12.2. The highest BCUT2D eigenvalue weighted by atomic mass is 16.6. The van der Waals surface area contributed by atoms with Gasteiger partial charge in [0.25, 0.3) is 0 Å². The molecule has 2 aliphatic heterocycles. The number of hydrogen-bond acceptors (Lipinski definition) is 5. The van der Waals surface area contributed by atoms with Gasteiger partial charge >= 0.3 is 6.09 Å². The summed E-state index contributed by atoms with van der Waals surface area (Å²) >= 11 is 0. The van der Waals surface area contributed by atoms with Crippen molar-refractivity contribution in [3.63, 3.8) is 0 Å². The van der Waals surface area contributed by atoms with E-state index in [1.807, 2.05) is 20.8 Å². The van der Waals surface area contributed by atoms with Gasteiger partial charge in [-0.2, -0.15) is 0 Å². The zero-order valence-electron chi connectivity index (χ0n) is 14.5. The van der Waals surface area contributed by atoms with E-state index in [0.717, 1.165) is 19.4 Å². The maximum Gasteiger partial charge on any atom is 0.410 e. The molecule has 0 aromatic rings. The van der Waals surface area contributed by atoms with Gasteiger partial charge in [0, 0.05) is 19.1 Å². The van der Waals surface area contributed by atoms with Crippen LogP contribution in [-0.2, 0) is 4.74 Å². The van der Waals surface area contributed by atoms with Gasteiger partial charge in [-0.25, -0.2) is 4.79 Å². The standard InChI is InChI=1S/C17H30N2O4/c1-15(2,3)23-14(21)19-9-16(10-19,11-20)17(22)6-4-12-5-7-18-13(17)8-12/h12-13,18,20,22H,4-11H2,1-3H3. The molecule has 3 rings (SSSR count). The van der Waals surface area contributed by atoms with E-state index in [1.165, 1.54) is 6.42 Å². The molecule has 1 saturated carbocycles. The second-order valence-electron chi connectivity index (χ2n) is 8.63. The highest BCUT2D eigenvalue weighted by molar-refractivity contribution is 5.69. The normalized spacial score (nSPS) is 36.3. The largest absolute Gasteiger partial charge is 0.444 e. The summed E-state index contributed by atoms with van der Waals surface area (Å²) in [5.74, 6) is 0.680. The molecule has 0 radical (unpaired) electrons. The van der Waals surface area contributed by atoms with E-state index in [4.69, 9.17) is 4.74 Å². The van der Waals surface area contributed by atoms with Gasteiger partial charge in [0.1, 0.15) is 5.60 Å². The molecule has 0 aromatic heterocycles. The first-order valence-electron chi connectivity index (χ1n) is 8.74. The topological polar surface area (TPSA) is 82.0 Å². The van der Waals surface area contributed by atoms with Crippen molar-refractivity contribution in [2.75, 3.05) is 26.2 Å². The van der Waals surface area contributed by atoms with Gasteiger partial charge in [-0.15, -0.1) is 0 Å². The van der Waals surface area contributed by atoms with Crippen LogP contribution in [0.4, 0.5) is 4.79 Å². The lowest BCUT2D eigenvalue weighted by atomic mass is 9.57. The van der Waals surface area contributed by atoms with E-state index in [0.29, 0.717) is 25.4 Å². The molecule has 1 aliphatic carbocycles. The number of aliphatic hydroxyl groups is 2. The number of carbonyl (C=O) groups excluding carboxylic acids is 1. The van der Waals surface area contributed by atoms with E-state index in [-0.39, 0.29) is 18.7 Å². The van der Waals surface area contributed by atoms with Crippen molar-refractivity contribution in [3.05, 3.63) is 0 Å². The van der Waals surface area contributed by atoms with Crippen molar-refractivity contribution in [2.45, 2.75) is 63.7 Å². The zero-order valence-corrected chi connectivity index (χ0v) is 14.5. The fourth-order valence-electron chi connectivity index (χ4n) is 4.51. The van der Waals surface area contributed by atoms with Crippen LogP contribution >= 0.6 is 0 Å². The number of likely N-dealkylation sites (tertiary alicyclic amines) is 1. The average molecular weight is 326 g/mol. The van der Waals surface area contributed by atoms with Crippen LogP contribution < -0.4 is 5.32 Å². The Morgan fingerprint density at radius 1 is 1.35 bits per heavy atom. The Morgan fingerprint density at radius 3 is 2.65 bits per heavy atom. The molecule has 2 saturated heterocycles. The molecular formula is C17H30N2O4. The Morgan fingerprint density at radius 2 is 2.04 bits per heavy atom. The van der Waals surface area contributed by atoms with Gasteiger partial charge in [0.15, 0.2) is 0 Å². The van der Waals surface area contributed by atoms with Crippen LogP contribution in [0.3, 0.4) is 0 Å². The first-order chi connectivity index (χ1) is 10.7. The summed E-state index contributed by atoms with van der Waals surface area (Å²) in [7, 11) is 0. The number of hydrogen-bond donors (Lipinski definition) is 3. The van der Waals surface area contributed by atoms with Crippen LogP contribution in [0.5, 0.6) is 0 Å². The Bertz CT molecular complexity index is 470. The number of rotatable bonds is 2. The van der Waals surface area contributed by atoms with Gasteiger partial charge < -0.3 is 25.2 Å². The summed E-state index contributed by atoms with van der Waals surface area (Å²) in [6.45, 7) is 7.05. The first-order valence-corrected chi connectivity index (χ1v) is 8.74. The second kappa shape index (κ2) is 5.60. The third-order valence-corrected chi connectivity index (χ3v) is 5.88.